The molecular formula is C19H30N2O3S. The molecule has 2 rings (SSSR count). The molecule has 25 heavy (non-hydrogen) atoms. The third kappa shape index (κ3) is 5.82. The maximum atomic E-state index is 12.6. The standard InChI is InChI=1S/C19H30N2O3S/c1-4-16(2)21(25(3,23)24)15-19(22)20-12-10-18(11-13-20)14-17-8-6-5-7-9-17/h5-9,16,18H,4,10-15H2,1-3H3. The molecule has 0 aromatic heterocycles. The minimum absolute atomic E-state index is 0.0445. The molecule has 1 amide bonds. The van der Waals surface area contributed by atoms with Gasteiger partial charge >= 0.3 is 0 Å². The van der Waals surface area contributed by atoms with Crippen LogP contribution in [0.1, 0.15) is 38.7 Å². The van der Waals surface area contributed by atoms with E-state index in [9.17, 15) is 13.2 Å². The summed E-state index contributed by atoms with van der Waals surface area (Å²) in [5, 5.41) is 0. The SMILES string of the molecule is CCC(C)N(CC(=O)N1CCC(Cc2ccccc2)CC1)S(C)(=O)=O. The maximum absolute atomic E-state index is 12.6. The predicted molar refractivity (Wildman–Crippen MR) is 101 cm³/mol. The highest BCUT2D eigenvalue weighted by Crippen LogP contribution is 2.22. The van der Waals surface area contributed by atoms with Crippen molar-refractivity contribution in [3.63, 3.8) is 0 Å². The van der Waals surface area contributed by atoms with Gasteiger partial charge in [-0.1, -0.05) is 37.3 Å². The van der Waals surface area contributed by atoms with Crippen molar-refractivity contribution < 1.29 is 13.2 Å². The van der Waals surface area contributed by atoms with Crippen molar-refractivity contribution in [1.82, 2.24) is 9.21 Å². The van der Waals surface area contributed by atoms with Crippen molar-refractivity contribution in [3.05, 3.63) is 35.9 Å². The number of hydrogen-bond acceptors (Lipinski definition) is 3. The number of piperidine rings is 1. The van der Waals surface area contributed by atoms with E-state index >= 15 is 0 Å². The molecular weight excluding hydrogens is 336 g/mol. The Morgan fingerprint density at radius 1 is 1.24 bits per heavy atom. The second kappa shape index (κ2) is 8.81. The Morgan fingerprint density at radius 3 is 2.36 bits per heavy atom. The Morgan fingerprint density at radius 2 is 1.84 bits per heavy atom. The van der Waals surface area contributed by atoms with Gasteiger partial charge in [-0.15, -0.1) is 0 Å². The van der Waals surface area contributed by atoms with Gasteiger partial charge in [0.2, 0.25) is 15.9 Å². The van der Waals surface area contributed by atoms with Crippen LogP contribution in [0.15, 0.2) is 30.3 Å². The highest BCUT2D eigenvalue weighted by Gasteiger charge is 2.29. The molecule has 0 N–H and O–H groups in total. The molecule has 1 aromatic rings. The molecule has 0 saturated carbocycles. The monoisotopic (exact) mass is 366 g/mol. The van der Waals surface area contributed by atoms with Crippen molar-refractivity contribution in [3.8, 4) is 0 Å². The fourth-order valence-corrected chi connectivity index (χ4v) is 4.52. The van der Waals surface area contributed by atoms with E-state index in [1.807, 2.05) is 24.8 Å². The minimum atomic E-state index is -3.38. The summed E-state index contributed by atoms with van der Waals surface area (Å²) in [6.07, 6.45) is 4.87. The summed E-state index contributed by atoms with van der Waals surface area (Å²) in [6.45, 7) is 5.17. The Balaban J connectivity index is 1.88. The summed E-state index contributed by atoms with van der Waals surface area (Å²) in [6, 6.07) is 10.3. The van der Waals surface area contributed by atoms with Gasteiger partial charge in [0.25, 0.3) is 0 Å². The molecule has 1 aliphatic heterocycles. The molecule has 1 aliphatic rings. The van der Waals surface area contributed by atoms with Crippen molar-refractivity contribution in [2.75, 3.05) is 25.9 Å². The van der Waals surface area contributed by atoms with Crippen LogP contribution in [-0.2, 0) is 21.2 Å². The Hall–Kier alpha value is -1.40. The molecule has 6 heteroatoms. The summed E-state index contributed by atoms with van der Waals surface area (Å²) in [4.78, 5) is 14.4. The topological polar surface area (TPSA) is 57.7 Å². The first-order valence-electron chi connectivity index (χ1n) is 9.09. The van der Waals surface area contributed by atoms with Gasteiger partial charge in [-0.3, -0.25) is 4.79 Å². The Bertz CT molecular complexity index is 653. The zero-order valence-corrected chi connectivity index (χ0v) is 16.3. The van der Waals surface area contributed by atoms with Gasteiger partial charge in [0.15, 0.2) is 0 Å². The predicted octanol–water partition coefficient (Wildman–Crippen LogP) is 2.53. The third-order valence-electron chi connectivity index (χ3n) is 5.13. The first-order chi connectivity index (χ1) is 11.8. The number of nitrogens with zero attached hydrogens (tertiary/aromatic N) is 2. The van der Waals surface area contributed by atoms with Crippen LogP contribution in [-0.4, -0.2) is 55.5 Å². The molecule has 1 fully saturated rings. The van der Waals surface area contributed by atoms with Gasteiger partial charge in [0, 0.05) is 19.1 Å². The first kappa shape index (κ1) is 19.9. The zero-order chi connectivity index (χ0) is 18.4. The van der Waals surface area contributed by atoms with Gasteiger partial charge in [0.1, 0.15) is 0 Å². The van der Waals surface area contributed by atoms with Crippen LogP contribution in [0.5, 0.6) is 0 Å². The van der Waals surface area contributed by atoms with Crippen LogP contribution in [0.3, 0.4) is 0 Å². The van der Waals surface area contributed by atoms with Crippen LogP contribution >= 0.6 is 0 Å². The van der Waals surface area contributed by atoms with Crippen LogP contribution < -0.4 is 0 Å². The smallest absolute Gasteiger partial charge is 0.237 e. The van der Waals surface area contributed by atoms with E-state index in [-0.39, 0.29) is 18.5 Å². The largest absolute Gasteiger partial charge is 0.342 e. The van der Waals surface area contributed by atoms with Crippen molar-refractivity contribution in [2.24, 2.45) is 5.92 Å². The van der Waals surface area contributed by atoms with Crippen molar-refractivity contribution >= 4 is 15.9 Å². The molecule has 5 nitrogen and oxygen atoms in total. The van der Waals surface area contributed by atoms with Crippen LogP contribution in [0.2, 0.25) is 0 Å². The number of amides is 1. The Kier molecular flexibility index (Phi) is 7.02. The van der Waals surface area contributed by atoms with Gasteiger partial charge in [0.05, 0.1) is 12.8 Å². The number of likely N-dealkylation sites (tertiary alicyclic amines) is 1. The highest BCUT2D eigenvalue weighted by atomic mass is 32.2. The van der Waals surface area contributed by atoms with Gasteiger partial charge < -0.3 is 4.90 Å². The number of benzene rings is 1. The molecule has 1 unspecified atom stereocenters. The number of hydrogen-bond donors (Lipinski definition) is 0. The lowest BCUT2D eigenvalue weighted by molar-refractivity contribution is -0.133. The van der Waals surface area contributed by atoms with Crippen molar-refractivity contribution in [2.45, 2.75) is 45.6 Å². The average Bonchev–Trinajstić information content (AvgIpc) is 2.59. The van der Waals surface area contributed by atoms with Gasteiger partial charge in [-0.05, 0) is 44.1 Å². The molecule has 0 bridgehead atoms. The highest BCUT2D eigenvalue weighted by molar-refractivity contribution is 7.88. The van der Waals surface area contributed by atoms with E-state index in [2.05, 4.69) is 24.3 Å². The minimum Gasteiger partial charge on any atom is -0.342 e. The second-order valence-corrected chi connectivity index (χ2v) is 9.01. The molecule has 1 saturated heterocycles. The summed E-state index contributed by atoms with van der Waals surface area (Å²) in [7, 11) is -3.38. The van der Waals surface area contributed by atoms with Crippen LogP contribution in [0.4, 0.5) is 0 Å². The number of sulfonamides is 1. The summed E-state index contributed by atoms with van der Waals surface area (Å²) in [5.74, 6) is 0.510. The zero-order valence-electron chi connectivity index (χ0n) is 15.5. The van der Waals surface area contributed by atoms with E-state index in [0.717, 1.165) is 19.3 Å². The maximum Gasteiger partial charge on any atom is 0.237 e. The van der Waals surface area contributed by atoms with E-state index in [4.69, 9.17) is 0 Å². The lowest BCUT2D eigenvalue weighted by Crippen LogP contribution is -2.48. The van der Waals surface area contributed by atoms with E-state index in [0.29, 0.717) is 25.4 Å². The average molecular weight is 367 g/mol. The molecule has 1 heterocycles. The quantitative estimate of drug-likeness (QED) is 0.745. The van der Waals surface area contributed by atoms with Crippen LogP contribution in [0.25, 0.3) is 0 Å². The fourth-order valence-electron chi connectivity index (χ4n) is 3.37. The van der Waals surface area contributed by atoms with E-state index in [1.165, 1.54) is 16.1 Å². The molecule has 0 spiro atoms. The Labute approximate surface area is 152 Å². The van der Waals surface area contributed by atoms with Crippen LogP contribution in [0, 0.1) is 5.92 Å². The number of carbonyl (C=O) groups excluding carboxylic acids is 1. The fraction of sp³-hybridized carbons (Fsp3) is 0.632. The molecule has 1 aromatic carbocycles. The van der Waals surface area contributed by atoms with Crippen molar-refractivity contribution in [1.29, 1.82) is 0 Å². The van der Waals surface area contributed by atoms with E-state index < -0.39 is 10.0 Å². The molecule has 1 atom stereocenters. The molecule has 140 valence electrons. The second-order valence-electron chi connectivity index (χ2n) is 7.08. The number of carbonyl (C=O) groups is 1. The lowest BCUT2D eigenvalue weighted by atomic mass is 9.90. The normalized spacial score (nSPS) is 17.7. The first-order valence-corrected chi connectivity index (χ1v) is 10.9. The summed E-state index contributed by atoms with van der Waals surface area (Å²) < 4.78 is 25.2. The number of rotatable bonds is 7. The lowest BCUT2D eigenvalue weighted by Gasteiger charge is -2.34. The van der Waals surface area contributed by atoms with E-state index in [1.54, 1.807) is 0 Å². The molecule has 0 radical (unpaired) electrons. The van der Waals surface area contributed by atoms with Gasteiger partial charge in [-0.25, -0.2) is 8.42 Å². The summed E-state index contributed by atoms with van der Waals surface area (Å²) >= 11 is 0. The summed E-state index contributed by atoms with van der Waals surface area (Å²) in [5.41, 5.74) is 1.34. The van der Waals surface area contributed by atoms with Gasteiger partial charge in [-0.2, -0.15) is 4.31 Å². The molecule has 0 aliphatic carbocycles. The third-order valence-corrected chi connectivity index (χ3v) is 6.47.